The quantitative estimate of drug-likeness (QED) is 0.558. The van der Waals surface area contributed by atoms with Crippen molar-refractivity contribution >= 4 is 11.6 Å². The monoisotopic (exact) mass is 360 g/mol. The van der Waals surface area contributed by atoms with Gasteiger partial charge in [-0.25, -0.2) is 4.98 Å². The summed E-state index contributed by atoms with van der Waals surface area (Å²) in [5.74, 6) is 1.25. The van der Waals surface area contributed by atoms with Crippen molar-refractivity contribution in [2.24, 2.45) is 0 Å². The number of piperidine rings is 1. The third kappa shape index (κ3) is 2.73. The number of anilines is 1. The van der Waals surface area contributed by atoms with E-state index >= 15 is 0 Å². The van der Waals surface area contributed by atoms with Gasteiger partial charge in [-0.2, -0.15) is 4.68 Å². The topological polar surface area (TPSA) is 77.0 Å². The molecule has 5 rings (SSSR count). The Morgan fingerprint density at radius 1 is 1.07 bits per heavy atom. The third-order valence-corrected chi connectivity index (χ3v) is 5.32. The molecule has 0 unspecified atom stereocenters. The van der Waals surface area contributed by atoms with Gasteiger partial charge in [-0.3, -0.25) is 4.98 Å². The molecule has 1 fully saturated rings. The smallest absolute Gasteiger partial charge is 0.250 e. The fourth-order valence-corrected chi connectivity index (χ4v) is 3.90. The molecule has 3 aromatic heterocycles. The number of para-hydroxylation sites is 1. The summed E-state index contributed by atoms with van der Waals surface area (Å²) in [6, 6.07) is 10.0. The minimum absolute atomic E-state index is 0.446. The summed E-state index contributed by atoms with van der Waals surface area (Å²) in [4.78, 5) is 11.3. The molecule has 4 aromatic rings. The maximum Gasteiger partial charge on any atom is 0.250 e. The Bertz CT molecular complexity index is 1060. The summed E-state index contributed by atoms with van der Waals surface area (Å²) in [5.41, 5.74) is 4.29. The van der Waals surface area contributed by atoms with Crippen molar-refractivity contribution in [3.8, 4) is 5.69 Å². The Kier molecular flexibility index (Phi) is 3.81. The minimum atomic E-state index is 0.446. The number of aryl methyl sites for hydroxylation is 1. The van der Waals surface area contributed by atoms with Crippen LogP contribution in [0.4, 0.5) is 5.95 Å². The van der Waals surface area contributed by atoms with Gasteiger partial charge in [-0.05, 0) is 42.3 Å². The maximum atomic E-state index is 4.83. The van der Waals surface area contributed by atoms with Crippen molar-refractivity contribution in [3.05, 3.63) is 60.3 Å². The number of fused-ring (bicyclic) bond motifs is 1. The minimum Gasteiger partial charge on any atom is -0.339 e. The van der Waals surface area contributed by atoms with E-state index in [-0.39, 0.29) is 0 Å². The highest BCUT2D eigenvalue weighted by Crippen LogP contribution is 2.31. The number of rotatable bonds is 3. The largest absolute Gasteiger partial charge is 0.339 e. The lowest BCUT2D eigenvalue weighted by molar-refractivity contribution is 0.488. The molecule has 0 bridgehead atoms. The van der Waals surface area contributed by atoms with Crippen molar-refractivity contribution in [1.29, 1.82) is 0 Å². The van der Waals surface area contributed by atoms with E-state index < -0.39 is 0 Å². The number of hydrogen-bond donors (Lipinski definition) is 0. The number of benzene rings is 1. The Hall–Kier alpha value is -3.29. The van der Waals surface area contributed by atoms with Gasteiger partial charge < -0.3 is 9.30 Å². The number of imidazole rings is 1. The Labute approximate surface area is 156 Å². The molecule has 8 heteroatoms. The van der Waals surface area contributed by atoms with Gasteiger partial charge >= 0.3 is 0 Å². The van der Waals surface area contributed by atoms with Gasteiger partial charge in [0.15, 0.2) is 5.65 Å². The molecule has 136 valence electrons. The fraction of sp³-hybridized carbons (Fsp3) is 0.316. The van der Waals surface area contributed by atoms with Gasteiger partial charge in [0, 0.05) is 37.1 Å². The summed E-state index contributed by atoms with van der Waals surface area (Å²) in [7, 11) is 0. The van der Waals surface area contributed by atoms with E-state index in [4.69, 9.17) is 4.98 Å². The first-order valence-corrected chi connectivity index (χ1v) is 9.18. The third-order valence-electron chi connectivity index (χ3n) is 5.32. The number of hydrogen-bond acceptors (Lipinski definition) is 6. The second-order valence-corrected chi connectivity index (χ2v) is 6.87. The highest BCUT2D eigenvalue weighted by Gasteiger charge is 2.27. The van der Waals surface area contributed by atoms with E-state index in [0.29, 0.717) is 5.92 Å². The standard InChI is InChI=1S/C19H20N8/c1-14-18(21-17-13-20-9-12-26(14)17)15-7-10-25(11-8-15)19-22-23-24-27(19)16-5-3-2-4-6-16/h2-6,9,12-13,15H,7-8,10-11H2,1H3. The van der Waals surface area contributed by atoms with E-state index in [9.17, 15) is 0 Å². The highest BCUT2D eigenvalue weighted by atomic mass is 15.6. The van der Waals surface area contributed by atoms with Crippen LogP contribution >= 0.6 is 0 Å². The van der Waals surface area contributed by atoms with Crippen molar-refractivity contribution in [3.63, 3.8) is 0 Å². The predicted octanol–water partition coefficient (Wildman–Crippen LogP) is 2.40. The molecule has 8 nitrogen and oxygen atoms in total. The van der Waals surface area contributed by atoms with Crippen molar-refractivity contribution in [2.45, 2.75) is 25.7 Å². The fourth-order valence-electron chi connectivity index (χ4n) is 3.90. The molecule has 1 saturated heterocycles. The van der Waals surface area contributed by atoms with Gasteiger partial charge in [-0.1, -0.05) is 23.3 Å². The van der Waals surface area contributed by atoms with Crippen molar-refractivity contribution < 1.29 is 0 Å². The van der Waals surface area contributed by atoms with Crippen LogP contribution < -0.4 is 4.90 Å². The zero-order valence-corrected chi connectivity index (χ0v) is 15.1. The molecular formula is C19H20N8. The van der Waals surface area contributed by atoms with Gasteiger partial charge in [0.1, 0.15) is 0 Å². The Morgan fingerprint density at radius 3 is 2.67 bits per heavy atom. The van der Waals surface area contributed by atoms with Crippen LogP contribution in [0.5, 0.6) is 0 Å². The Morgan fingerprint density at radius 2 is 1.89 bits per heavy atom. The van der Waals surface area contributed by atoms with Gasteiger partial charge in [-0.15, -0.1) is 0 Å². The molecule has 0 atom stereocenters. The molecule has 0 aliphatic carbocycles. The summed E-state index contributed by atoms with van der Waals surface area (Å²) >= 11 is 0. The first-order valence-electron chi connectivity index (χ1n) is 9.18. The summed E-state index contributed by atoms with van der Waals surface area (Å²) in [6.45, 7) is 3.95. The summed E-state index contributed by atoms with van der Waals surface area (Å²) in [6.07, 6.45) is 7.65. The lowest BCUT2D eigenvalue weighted by Crippen LogP contribution is -2.35. The zero-order chi connectivity index (χ0) is 18.2. The van der Waals surface area contributed by atoms with Crippen LogP contribution in [-0.2, 0) is 0 Å². The van der Waals surface area contributed by atoms with Crippen LogP contribution in [0.1, 0.15) is 30.1 Å². The van der Waals surface area contributed by atoms with Crippen LogP contribution in [-0.4, -0.2) is 47.7 Å². The number of tetrazole rings is 1. The maximum absolute atomic E-state index is 4.83. The molecular weight excluding hydrogens is 340 g/mol. The molecule has 0 radical (unpaired) electrons. The molecule has 0 N–H and O–H groups in total. The van der Waals surface area contributed by atoms with E-state index in [2.05, 4.69) is 36.7 Å². The lowest BCUT2D eigenvalue weighted by atomic mass is 9.92. The van der Waals surface area contributed by atoms with E-state index in [0.717, 1.165) is 43.2 Å². The van der Waals surface area contributed by atoms with Crippen LogP contribution in [0, 0.1) is 6.92 Å². The average molecular weight is 360 g/mol. The van der Waals surface area contributed by atoms with Gasteiger partial charge in [0.05, 0.1) is 17.6 Å². The number of nitrogens with zero attached hydrogens (tertiary/aromatic N) is 8. The molecule has 0 saturated carbocycles. The molecule has 1 aliphatic rings. The van der Waals surface area contributed by atoms with Crippen LogP contribution in [0.2, 0.25) is 0 Å². The van der Waals surface area contributed by atoms with Gasteiger partial charge in [0.25, 0.3) is 0 Å². The molecule has 0 amide bonds. The van der Waals surface area contributed by atoms with Gasteiger partial charge in [0.2, 0.25) is 5.95 Å². The molecule has 1 aromatic carbocycles. The van der Waals surface area contributed by atoms with Crippen LogP contribution in [0.25, 0.3) is 11.3 Å². The molecule has 1 aliphatic heterocycles. The van der Waals surface area contributed by atoms with E-state index in [1.54, 1.807) is 6.20 Å². The number of aromatic nitrogens is 7. The normalized spacial score (nSPS) is 15.5. The molecule has 4 heterocycles. The first-order chi connectivity index (χ1) is 13.3. The lowest BCUT2D eigenvalue weighted by Gasteiger charge is -2.31. The molecule has 27 heavy (non-hydrogen) atoms. The average Bonchev–Trinajstić information content (AvgIpc) is 3.34. The zero-order valence-electron chi connectivity index (χ0n) is 15.1. The predicted molar refractivity (Wildman–Crippen MR) is 101 cm³/mol. The highest BCUT2D eigenvalue weighted by molar-refractivity contribution is 5.43. The Balaban J connectivity index is 1.37. The van der Waals surface area contributed by atoms with Crippen LogP contribution in [0.15, 0.2) is 48.9 Å². The summed E-state index contributed by atoms with van der Waals surface area (Å²) in [5, 5.41) is 12.3. The van der Waals surface area contributed by atoms with Crippen molar-refractivity contribution in [1.82, 2.24) is 34.6 Å². The van der Waals surface area contributed by atoms with E-state index in [1.165, 1.54) is 11.4 Å². The van der Waals surface area contributed by atoms with Crippen LogP contribution in [0.3, 0.4) is 0 Å². The second-order valence-electron chi connectivity index (χ2n) is 6.87. The SMILES string of the molecule is Cc1c(C2CCN(c3nnnn3-c3ccccc3)CC2)nc2cnccn12. The van der Waals surface area contributed by atoms with Crippen molar-refractivity contribution in [2.75, 3.05) is 18.0 Å². The first kappa shape index (κ1) is 15.9. The second kappa shape index (κ2) is 6.46. The van der Waals surface area contributed by atoms with E-state index in [1.807, 2.05) is 47.4 Å². The summed E-state index contributed by atoms with van der Waals surface area (Å²) < 4.78 is 3.92. The molecule has 0 spiro atoms.